The fourth-order valence-corrected chi connectivity index (χ4v) is 3.85. The molecule has 0 aliphatic heterocycles. The SMILES string of the molecule is Cc1noc(-c2ccc(S(=O)(=O)NC(C)CCc3ccccc3)o2)c1C. The molecule has 2 aromatic heterocycles. The van der Waals surface area contributed by atoms with Crippen LogP contribution in [0.15, 0.2) is 56.5 Å². The van der Waals surface area contributed by atoms with Crippen molar-refractivity contribution in [1.29, 1.82) is 0 Å². The van der Waals surface area contributed by atoms with Crippen LogP contribution < -0.4 is 4.72 Å². The molecule has 0 amide bonds. The van der Waals surface area contributed by atoms with Gasteiger partial charge in [-0.25, -0.2) is 13.1 Å². The summed E-state index contributed by atoms with van der Waals surface area (Å²) in [6, 6.07) is 12.8. The van der Waals surface area contributed by atoms with E-state index in [4.69, 9.17) is 8.94 Å². The molecular weight excluding hydrogens is 352 g/mol. The van der Waals surface area contributed by atoms with Crippen LogP contribution in [0.1, 0.15) is 30.2 Å². The van der Waals surface area contributed by atoms with E-state index < -0.39 is 10.0 Å². The number of hydrogen-bond donors (Lipinski definition) is 1. The predicted molar refractivity (Wildman–Crippen MR) is 98.2 cm³/mol. The van der Waals surface area contributed by atoms with E-state index in [1.807, 2.05) is 51.1 Å². The summed E-state index contributed by atoms with van der Waals surface area (Å²) in [6.45, 7) is 5.51. The molecule has 3 aromatic rings. The van der Waals surface area contributed by atoms with Crippen molar-refractivity contribution in [3.63, 3.8) is 0 Å². The van der Waals surface area contributed by atoms with Crippen LogP contribution in [0.5, 0.6) is 0 Å². The summed E-state index contributed by atoms with van der Waals surface area (Å²) in [5.41, 5.74) is 2.75. The van der Waals surface area contributed by atoms with Gasteiger partial charge in [-0.05, 0) is 51.3 Å². The van der Waals surface area contributed by atoms with Gasteiger partial charge in [0, 0.05) is 11.6 Å². The molecule has 6 nitrogen and oxygen atoms in total. The lowest BCUT2D eigenvalue weighted by Gasteiger charge is -2.12. The molecule has 138 valence electrons. The van der Waals surface area contributed by atoms with E-state index in [9.17, 15) is 8.42 Å². The minimum absolute atomic E-state index is 0.132. The summed E-state index contributed by atoms with van der Waals surface area (Å²) in [6.07, 6.45) is 1.49. The van der Waals surface area contributed by atoms with Crippen LogP contribution in [0.2, 0.25) is 0 Å². The third-order valence-electron chi connectivity index (χ3n) is 4.29. The van der Waals surface area contributed by atoms with Crippen molar-refractivity contribution in [3.05, 3.63) is 59.3 Å². The lowest BCUT2D eigenvalue weighted by molar-refractivity contribution is 0.396. The monoisotopic (exact) mass is 374 g/mol. The Hall–Kier alpha value is -2.38. The van der Waals surface area contributed by atoms with E-state index in [1.54, 1.807) is 6.07 Å². The molecule has 0 radical (unpaired) electrons. The standard InChI is InChI=1S/C19H22N2O4S/c1-13(9-10-16-7-5-4-6-8-16)21-26(22,23)18-12-11-17(24-18)19-14(2)15(3)20-25-19/h4-8,11-13,21H,9-10H2,1-3H3. The molecule has 26 heavy (non-hydrogen) atoms. The van der Waals surface area contributed by atoms with Gasteiger partial charge in [0.25, 0.3) is 10.0 Å². The molecule has 0 spiro atoms. The van der Waals surface area contributed by atoms with Crippen LogP contribution in [-0.2, 0) is 16.4 Å². The summed E-state index contributed by atoms with van der Waals surface area (Å²) < 4.78 is 38.5. The van der Waals surface area contributed by atoms with Gasteiger partial charge in [-0.3, -0.25) is 0 Å². The van der Waals surface area contributed by atoms with Gasteiger partial charge in [0.15, 0.2) is 5.76 Å². The van der Waals surface area contributed by atoms with Gasteiger partial charge in [0.2, 0.25) is 10.9 Å². The summed E-state index contributed by atoms with van der Waals surface area (Å²) >= 11 is 0. The second-order valence-corrected chi connectivity index (χ2v) is 8.03. The molecule has 0 aliphatic rings. The highest BCUT2D eigenvalue weighted by atomic mass is 32.2. The fourth-order valence-electron chi connectivity index (χ4n) is 2.64. The molecule has 7 heteroatoms. The highest BCUT2D eigenvalue weighted by molar-refractivity contribution is 7.89. The number of nitrogens with zero attached hydrogens (tertiary/aromatic N) is 1. The maximum Gasteiger partial charge on any atom is 0.274 e. The number of benzene rings is 1. The lowest BCUT2D eigenvalue weighted by atomic mass is 10.1. The maximum absolute atomic E-state index is 12.5. The molecule has 1 atom stereocenters. The Morgan fingerprint density at radius 2 is 1.85 bits per heavy atom. The van der Waals surface area contributed by atoms with Crippen LogP contribution in [0.25, 0.3) is 11.5 Å². The minimum Gasteiger partial charge on any atom is -0.440 e. The molecule has 3 rings (SSSR count). The number of sulfonamides is 1. The van der Waals surface area contributed by atoms with Crippen LogP contribution in [0.4, 0.5) is 0 Å². The van der Waals surface area contributed by atoms with Gasteiger partial charge >= 0.3 is 0 Å². The lowest BCUT2D eigenvalue weighted by Crippen LogP contribution is -2.32. The van der Waals surface area contributed by atoms with Crippen LogP contribution in [-0.4, -0.2) is 19.6 Å². The summed E-state index contributed by atoms with van der Waals surface area (Å²) in [7, 11) is -3.74. The minimum atomic E-state index is -3.74. The summed E-state index contributed by atoms with van der Waals surface area (Å²) in [5.74, 6) is 0.793. The average Bonchev–Trinajstić information content (AvgIpc) is 3.22. The van der Waals surface area contributed by atoms with Crippen molar-refractivity contribution in [2.75, 3.05) is 0 Å². The topological polar surface area (TPSA) is 85.3 Å². The Kier molecular flexibility index (Phi) is 5.29. The third-order valence-corrected chi connectivity index (χ3v) is 5.75. The highest BCUT2D eigenvalue weighted by Crippen LogP contribution is 2.28. The zero-order chi connectivity index (χ0) is 18.7. The van der Waals surface area contributed by atoms with Gasteiger partial charge in [-0.2, -0.15) is 0 Å². The Bertz CT molecular complexity index is 974. The third kappa shape index (κ3) is 4.05. The van der Waals surface area contributed by atoms with Crippen molar-refractivity contribution in [2.24, 2.45) is 0 Å². The second-order valence-electron chi connectivity index (χ2n) is 6.39. The summed E-state index contributed by atoms with van der Waals surface area (Å²) in [5, 5.41) is 3.73. The summed E-state index contributed by atoms with van der Waals surface area (Å²) in [4.78, 5) is 0. The maximum atomic E-state index is 12.5. The molecular formula is C19H22N2O4S. The van der Waals surface area contributed by atoms with Crippen molar-refractivity contribution in [2.45, 2.75) is 44.7 Å². The van der Waals surface area contributed by atoms with Crippen LogP contribution >= 0.6 is 0 Å². The molecule has 1 N–H and O–H groups in total. The number of rotatable bonds is 7. The molecule has 0 saturated heterocycles. The fraction of sp³-hybridized carbons (Fsp3) is 0.316. The normalized spacial score (nSPS) is 13.0. The average molecular weight is 374 g/mol. The number of hydrogen-bond acceptors (Lipinski definition) is 5. The van der Waals surface area contributed by atoms with E-state index in [1.165, 1.54) is 11.6 Å². The number of nitrogens with one attached hydrogen (secondary N) is 1. The van der Waals surface area contributed by atoms with Crippen molar-refractivity contribution >= 4 is 10.0 Å². The first-order valence-corrected chi connectivity index (χ1v) is 9.94. The van der Waals surface area contributed by atoms with E-state index in [2.05, 4.69) is 9.88 Å². The zero-order valence-corrected chi connectivity index (χ0v) is 15.8. The Labute approximate surface area is 153 Å². The van der Waals surface area contributed by atoms with Gasteiger partial charge in [-0.15, -0.1) is 0 Å². The Balaban J connectivity index is 1.67. The largest absolute Gasteiger partial charge is 0.440 e. The quantitative estimate of drug-likeness (QED) is 0.679. The van der Waals surface area contributed by atoms with Gasteiger partial charge in [0.05, 0.1) is 5.69 Å². The number of furan rings is 1. The molecule has 0 saturated carbocycles. The smallest absolute Gasteiger partial charge is 0.274 e. The first-order valence-electron chi connectivity index (χ1n) is 8.46. The van der Waals surface area contributed by atoms with E-state index in [0.717, 1.165) is 17.7 Å². The number of aryl methyl sites for hydroxylation is 2. The van der Waals surface area contributed by atoms with Crippen molar-refractivity contribution in [1.82, 2.24) is 9.88 Å². The van der Waals surface area contributed by atoms with Crippen molar-refractivity contribution < 1.29 is 17.4 Å². The van der Waals surface area contributed by atoms with Gasteiger partial charge in [0.1, 0.15) is 0 Å². The molecule has 0 aliphatic carbocycles. The molecule has 0 fully saturated rings. The molecule has 1 unspecified atom stereocenters. The predicted octanol–water partition coefficient (Wildman–Crippen LogP) is 3.85. The van der Waals surface area contributed by atoms with Gasteiger partial charge < -0.3 is 8.94 Å². The van der Waals surface area contributed by atoms with Gasteiger partial charge in [-0.1, -0.05) is 35.5 Å². The highest BCUT2D eigenvalue weighted by Gasteiger charge is 2.23. The first kappa shape index (κ1) is 18.4. The molecule has 0 bridgehead atoms. The molecule has 1 aromatic carbocycles. The van der Waals surface area contributed by atoms with Crippen LogP contribution in [0.3, 0.4) is 0 Å². The first-order chi connectivity index (χ1) is 12.4. The number of aromatic nitrogens is 1. The van der Waals surface area contributed by atoms with Crippen molar-refractivity contribution in [3.8, 4) is 11.5 Å². The Morgan fingerprint density at radius 1 is 1.12 bits per heavy atom. The Morgan fingerprint density at radius 3 is 2.50 bits per heavy atom. The van der Waals surface area contributed by atoms with Crippen LogP contribution in [0, 0.1) is 13.8 Å². The molecule has 2 heterocycles. The van der Waals surface area contributed by atoms with E-state index in [-0.39, 0.29) is 11.1 Å². The van der Waals surface area contributed by atoms with E-state index in [0.29, 0.717) is 17.9 Å². The van der Waals surface area contributed by atoms with E-state index >= 15 is 0 Å². The second kappa shape index (κ2) is 7.47. The zero-order valence-electron chi connectivity index (χ0n) is 15.0.